The standard InChI is InChI=1S/C12H19NO3/c1-9(2)13-8-10(3)16-12(14)11-4-6-15-7-5-11/h8,10-11H,1,4-7H2,2-3H3. The van der Waals surface area contributed by atoms with Crippen molar-refractivity contribution in [3.63, 3.8) is 0 Å². The topological polar surface area (TPSA) is 47.9 Å². The number of hydrogen-bond acceptors (Lipinski definition) is 4. The van der Waals surface area contributed by atoms with Crippen LogP contribution in [0.1, 0.15) is 26.7 Å². The van der Waals surface area contributed by atoms with E-state index in [9.17, 15) is 4.79 Å². The number of aliphatic imine (C=N–C) groups is 1. The van der Waals surface area contributed by atoms with Gasteiger partial charge in [0, 0.05) is 25.1 Å². The molecule has 0 spiro atoms. The summed E-state index contributed by atoms with van der Waals surface area (Å²) >= 11 is 0. The molecule has 1 unspecified atom stereocenters. The predicted octanol–water partition coefficient (Wildman–Crippen LogP) is 1.95. The number of carbonyl (C=O) groups is 1. The first-order chi connectivity index (χ1) is 7.59. The molecule has 16 heavy (non-hydrogen) atoms. The third kappa shape index (κ3) is 4.57. The van der Waals surface area contributed by atoms with Gasteiger partial charge in [-0.2, -0.15) is 0 Å². The number of rotatable bonds is 4. The number of esters is 1. The van der Waals surface area contributed by atoms with Gasteiger partial charge in [-0.1, -0.05) is 6.58 Å². The molecule has 1 rings (SSSR count). The van der Waals surface area contributed by atoms with E-state index in [1.54, 1.807) is 20.1 Å². The van der Waals surface area contributed by atoms with Crippen molar-refractivity contribution >= 4 is 12.2 Å². The largest absolute Gasteiger partial charge is 0.457 e. The average molecular weight is 225 g/mol. The molecule has 0 aromatic carbocycles. The summed E-state index contributed by atoms with van der Waals surface area (Å²) in [5, 5.41) is 0. The molecular formula is C12H19NO3. The van der Waals surface area contributed by atoms with E-state index in [4.69, 9.17) is 9.47 Å². The lowest BCUT2D eigenvalue weighted by molar-refractivity contribution is -0.153. The molecule has 0 aliphatic carbocycles. The molecule has 0 amide bonds. The lowest BCUT2D eigenvalue weighted by Gasteiger charge is -2.21. The molecule has 4 heteroatoms. The van der Waals surface area contributed by atoms with Crippen molar-refractivity contribution in [2.45, 2.75) is 32.8 Å². The predicted molar refractivity (Wildman–Crippen MR) is 62.4 cm³/mol. The smallest absolute Gasteiger partial charge is 0.309 e. The van der Waals surface area contributed by atoms with Gasteiger partial charge in [0.05, 0.1) is 5.92 Å². The third-order valence-corrected chi connectivity index (χ3v) is 2.36. The van der Waals surface area contributed by atoms with Crippen LogP contribution in [0.3, 0.4) is 0 Å². The van der Waals surface area contributed by atoms with E-state index in [1.165, 1.54) is 0 Å². The van der Waals surface area contributed by atoms with E-state index in [1.807, 2.05) is 0 Å². The van der Waals surface area contributed by atoms with Crippen LogP contribution >= 0.6 is 0 Å². The van der Waals surface area contributed by atoms with Crippen molar-refractivity contribution < 1.29 is 14.3 Å². The van der Waals surface area contributed by atoms with Gasteiger partial charge in [0.25, 0.3) is 0 Å². The molecule has 1 saturated heterocycles. The van der Waals surface area contributed by atoms with Gasteiger partial charge in [0.1, 0.15) is 6.10 Å². The Bertz CT molecular complexity index is 280. The molecule has 1 heterocycles. The quantitative estimate of drug-likeness (QED) is 0.542. The van der Waals surface area contributed by atoms with Gasteiger partial charge in [-0.3, -0.25) is 9.79 Å². The zero-order valence-electron chi connectivity index (χ0n) is 9.94. The fraction of sp³-hybridized carbons (Fsp3) is 0.667. The molecule has 0 saturated carbocycles. The molecule has 1 fully saturated rings. The molecule has 4 nitrogen and oxygen atoms in total. The fourth-order valence-corrected chi connectivity index (χ4v) is 1.48. The number of nitrogens with zero attached hydrogens (tertiary/aromatic N) is 1. The van der Waals surface area contributed by atoms with Crippen LogP contribution in [0.5, 0.6) is 0 Å². The molecule has 1 aliphatic heterocycles. The van der Waals surface area contributed by atoms with Gasteiger partial charge in [-0.15, -0.1) is 0 Å². The fourth-order valence-electron chi connectivity index (χ4n) is 1.48. The van der Waals surface area contributed by atoms with Crippen LogP contribution < -0.4 is 0 Å². The van der Waals surface area contributed by atoms with Gasteiger partial charge < -0.3 is 9.47 Å². The van der Waals surface area contributed by atoms with E-state index < -0.39 is 0 Å². The van der Waals surface area contributed by atoms with Crippen LogP contribution in [-0.2, 0) is 14.3 Å². The molecule has 90 valence electrons. The monoisotopic (exact) mass is 225 g/mol. The number of allylic oxidation sites excluding steroid dienone is 1. The van der Waals surface area contributed by atoms with Crippen molar-refractivity contribution in [3.05, 3.63) is 12.3 Å². The van der Waals surface area contributed by atoms with Crippen LogP contribution in [-0.4, -0.2) is 31.5 Å². The molecule has 1 aliphatic rings. The maximum absolute atomic E-state index is 11.7. The van der Waals surface area contributed by atoms with Crippen LogP contribution in [0.25, 0.3) is 0 Å². The second-order valence-electron chi connectivity index (χ2n) is 4.04. The van der Waals surface area contributed by atoms with Gasteiger partial charge in [-0.25, -0.2) is 0 Å². The minimum absolute atomic E-state index is 0.0190. The zero-order chi connectivity index (χ0) is 12.0. The highest BCUT2D eigenvalue weighted by Crippen LogP contribution is 2.16. The normalized spacial score (nSPS) is 19.6. The second-order valence-corrected chi connectivity index (χ2v) is 4.04. The maximum atomic E-state index is 11.7. The molecule has 0 aromatic rings. The van der Waals surface area contributed by atoms with E-state index in [2.05, 4.69) is 11.6 Å². The SMILES string of the molecule is C=C(C)N=CC(C)OC(=O)C1CCOCC1. The van der Waals surface area contributed by atoms with Crippen molar-refractivity contribution in [2.75, 3.05) is 13.2 Å². The Labute approximate surface area is 96.3 Å². The Balaban J connectivity index is 2.34. The van der Waals surface area contributed by atoms with Crippen molar-refractivity contribution in [1.29, 1.82) is 0 Å². The Hall–Kier alpha value is -1.16. The highest BCUT2D eigenvalue weighted by atomic mass is 16.5. The molecule has 1 atom stereocenters. The van der Waals surface area contributed by atoms with Gasteiger partial charge in [0.2, 0.25) is 0 Å². The summed E-state index contributed by atoms with van der Waals surface area (Å²) in [6.07, 6.45) is 2.80. The lowest BCUT2D eigenvalue weighted by Crippen LogP contribution is -2.28. The lowest BCUT2D eigenvalue weighted by atomic mass is 10.0. The first kappa shape index (κ1) is 12.9. The van der Waals surface area contributed by atoms with E-state index in [-0.39, 0.29) is 18.0 Å². The van der Waals surface area contributed by atoms with Crippen molar-refractivity contribution in [3.8, 4) is 0 Å². The number of ether oxygens (including phenoxy) is 2. The van der Waals surface area contributed by atoms with Gasteiger partial charge >= 0.3 is 5.97 Å². The summed E-state index contributed by atoms with van der Waals surface area (Å²) in [5.41, 5.74) is 0.703. The molecule has 0 radical (unpaired) electrons. The summed E-state index contributed by atoms with van der Waals surface area (Å²) in [4.78, 5) is 15.7. The van der Waals surface area contributed by atoms with Crippen molar-refractivity contribution in [1.82, 2.24) is 0 Å². The minimum Gasteiger partial charge on any atom is -0.457 e. The molecular weight excluding hydrogens is 206 g/mol. The average Bonchev–Trinajstić information content (AvgIpc) is 2.27. The molecule has 0 bridgehead atoms. The van der Waals surface area contributed by atoms with Gasteiger partial charge in [-0.05, 0) is 26.7 Å². The Kier molecular flexibility index (Phi) is 5.19. The van der Waals surface area contributed by atoms with E-state index >= 15 is 0 Å². The minimum atomic E-state index is -0.299. The zero-order valence-corrected chi connectivity index (χ0v) is 9.94. The number of carbonyl (C=O) groups excluding carboxylic acids is 1. The van der Waals surface area contributed by atoms with Crippen LogP contribution in [0.2, 0.25) is 0 Å². The summed E-state index contributed by atoms with van der Waals surface area (Å²) in [7, 11) is 0. The first-order valence-electron chi connectivity index (χ1n) is 5.57. The number of hydrogen-bond donors (Lipinski definition) is 0. The van der Waals surface area contributed by atoms with Gasteiger partial charge in [0.15, 0.2) is 0 Å². The second kappa shape index (κ2) is 6.43. The summed E-state index contributed by atoms with van der Waals surface area (Å²) < 4.78 is 10.4. The van der Waals surface area contributed by atoms with Crippen LogP contribution in [0, 0.1) is 5.92 Å². The highest BCUT2D eigenvalue weighted by molar-refractivity contribution is 5.76. The Morgan fingerprint density at radius 1 is 1.56 bits per heavy atom. The highest BCUT2D eigenvalue weighted by Gasteiger charge is 2.23. The van der Waals surface area contributed by atoms with Crippen molar-refractivity contribution in [2.24, 2.45) is 10.9 Å². The summed E-state index contributed by atoms with van der Waals surface area (Å²) in [5.74, 6) is -0.168. The summed E-state index contributed by atoms with van der Waals surface area (Å²) in [6.45, 7) is 8.53. The third-order valence-electron chi connectivity index (χ3n) is 2.36. The van der Waals surface area contributed by atoms with Crippen LogP contribution in [0.15, 0.2) is 17.3 Å². The van der Waals surface area contributed by atoms with E-state index in [0.29, 0.717) is 18.9 Å². The Morgan fingerprint density at radius 3 is 2.75 bits per heavy atom. The molecule has 0 N–H and O–H groups in total. The molecule has 0 aromatic heterocycles. The summed E-state index contributed by atoms with van der Waals surface area (Å²) in [6, 6.07) is 0. The Morgan fingerprint density at radius 2 is 2.19 bits per heavy atom. The van der Waals surface area contributed by atoms with E-state index in [0.717, 1.165) is 12.8 Å². The maximum Gasteiger partial charge on any atom is 0.309 e. The first-order valence-corrected chi connectivity index (χ1v) is 5.57. The van der Waals surface area contributed by atoms with Crippen LogP contribution in [0.4, 0.5) is 0 Å².